The quantitative estimate of drug-likeness (QED) is 0.510. The van der Waals surface area contributed by atoms with E-state index in [-0.39, 0.29) is 17.1 Å². The second kappa shape index (κ2) is 6.83. The van der Waals surface area contributed by atoms with Crippen molar-refractivity contribution in [2.24, 2.45) is 4.99 Å². The Morgan fingerprint density at radius 2 is 1.38 bits per heavy atom. The molecule has 0 fully saturated rings. The Balaban J connectivity index is 0.00000128. The van der Waals surface area contributed by atoms with Gasteiger partial charge < -0.3 is 5.32 Å². The Hall–Kier alpha value is -1.57. The van der Waals surface area contributed by atoms with Crippen molar-refractivity contribution in [1.29, 1.82) is 0 Å². The zero-order valence-electron chi connectivity index (χ0n) is 8.60. The summed E-state index contributed by atoms with van der Waals surface area (Å²) >= 11 is 0. The van der Waals surface area contributed by atoms with Crippen LogP contribution in [-0.4, -0.2) is 6.34 Å². The first-order valence-electron chi connectivity index (χ1n) is 4.84. The SMILES string of the molecule is C(=Nc1ccccc1)Nc1ccccc1.[Cu+2]. The topological polar surface area (TPSA) is 24.4 Å². The smallest absolute Gasteiger partial charge is 0.346 e. The Bertz CT molecular complexity index is 426. The molecule has 2 aromatic rings. The first-order valence-corrected chi connectivity index (χ1v) is 4.84. The van der Waals surface area contributed by atoms with E-state index in [0.29, 0.717) is 0 Å². The molecule has 0 saturated heterocycles. The third kappa shape index (κ3) is 3.89. The van der Waals surface area contributed by atoms with Crippen LogP contribution in [0.25, 0.3) is 0 Å². The Kier molecular flexibility index (Phi) is 5.34. The predicted octanol–water partition coefficient (Wildman–Crippen LogP) is 3.46. The molecule has 0 bridgehead atoms. The van der Waals surface area contributed by atoms with Crippen LogP contribution in [0.15, 0.2) is 65.7 Å². The van der Waals surface area contributed by atoms with Gasteiger partial charge in [0.15, 0.2) is 0 Å². The van der Waals surface area contributed by atoms with Gasteiger partial charge in [0.1, 0.15) is 0 Å². The van der Waals surface area contributed by atoms with Crippen LogP contribution in [0.5, 0.6) is 0 Å². The van der Waals surface area contributed by atoms with Crippen LogP contribution in [0, 0.1) is 0 Å². The van der Waals surface area contributed by atoms with E-state index in [4.69, 9.17) is 0 Å². The molecule has 1 radical (unpaired) electrons. The molecule has 0 saturated carbocycles. The fourth-order valence-corrected chi connectivity index (χ4v) is 1.23. The summed E-state index contributed by atoms with van der Waals surface area (Å²) < 4.78 is 0. The van der Waals surface area contributed by atoms with Crippen molar-refractivity contribution >= 4 is 17.7 Å². The molecule has 0 aliphatic carbocycles. The monoisotopic (exact) mass is 259 g/mol. The molecule has 0 unspecified atom stereocenters. The fraction of sp³-hybridized carbons (Fsp3) is 0. The van der Waals surface area contributed by atoms with E-state index < -0.39 is 0 Å². The molecule has 2 rings (SSSR count). The van der Waals surface area contributed by atoms with Gasteiger partial charge in [0.25, 0.3) is 0 Å². The number of aliphatic imine (C=N–C) groups is 1. The molecule has 0 aliphatic heterocycles. The molecule has 2 aromatic carbocycles. The summed E-state index contributed by atoms with van der Waals surface area (Å²) in [6.07, 6.45) is 1.70. The molecule has 83 valence electrons. The number of anilines is 1. The van der Waals surface area contributed by atoms with E-state index in [1.807, 2.05) is 60.7 Å². The van der Waals surface area contributed by atoms with Gasteiger partial charge in [-0.1, -0.05) is 36.4 Å². The second-order valence-corrected chi connectivity index (χ2v) is 3.10. The molecule has 1 N–H and O–H groups in total. The van der Waals surface area contributed by atoms with Crippen LogP contribution in [0.4, 0.5) is 11.4 Å². The zero-order valence-corrected chi connectivity index (χ0v) is 9.54. The van der Waals surface area contributed by atoms with Crippen LogP contribution < -0.4 is 5.32 Å². The molecule has 0 spiro atoms. The van der Waals surface area contributed by atoms with Gasteiger partial charge in [-0.2, -0.15) is 0 Å². The Labute approximate surface area is 106 Å². The van der Waals surface area contributed by atoms with E-state index in [1.54, 1.807) is 6.34 Å². The minimum absolute atomic E-state index is 0. The summed E-state index contributed by atoms with van der Waals surface area (Å²) in [4.78, 5) is 4.27. The molecule has 0 amide bonds. The van der Waals surface area contributed by atoms with Crippen molar-refractivity contribution in [3.8, 4) is 0 Å². The molecular weight excluding hydrogens is 248 g/mol. The van der Waals surface area contributed by atoms with Gasteiger partial charge >= 0.3 is 17.1 Å². The third-order valence-corrected chi connectivity index (χ3v) is 1.97. The van der Waals surface area contributed by atoms with Crippen LogP contribution in [0.1, 0.15) is 0 Å². The number of rotatable bonds is 3. The van der Waals surface area contributed by atoms with E-state index in [1.165, 1.54) is 0 Å². The van der Waals surface area contributed by atoms with Gasteiger partial charge in [0, 0.05) is 5.69 Å². The van der Waals surface area contributed by atoms with E-state index in [0.717, 1.165) is 11.4 Å². The average Bonchev–Trinajstić information content (AvgIpc) is 2.32. The number of nitrogens with one attached hydrogen (secondary N) is 1. The largest absolute Gasteiger partial charge is 2.00 e. The number of hydrogen-bond donors (Lipinski definition) is 1. The van der Waals surface area contributed by atoms with Gasteiger partial charge in [0.05, 0.1) is 12.0 Å². The standard InChI is InChI=1S/C13H12N2.Cu/c1-3-7-12(8-4-1)14-11-15-13-9-5-2-6-10-13;/h1-11H,(H,14,15);/q;+2. The van der Waals surface area contributed by atoms with E-state index >= 15 is 0 Å². The molecule has 2 nitrogen and oxygen atoms in total. The average molecular weight is 260 g/mol. The summed E-state index contributed by atoms with van der Waals surface area (Å²) in [5.74, 6) is 0. The zero-order chi connectivity index (χ0) is 10.3. The van der Waals surface area contributed by atoms with Gasteiger partial charge in [-0.3, -0.25) is 0 Å². The Morgan fingerprint density at radius 1 is 0.812 bits per heavy atom. The first-order chi connectivity index (χ1) is 7.45. The third-order valence-electron chi connectivity index (χ3n) is 1.97. The number of benzene rings is 2. The summed E-state index contributed by atoms with van der Waals surface area (Å²) in [6, 6.07) is 19.8. The van der Waals surface area contributed by atoms with E-state index in [2.05, 4.69) is 10.3 Å². The van der Waals surface area contributed by atoms with Crippen LogP contribution in [0.3, 0.4) is 0 Å². The predicted molar refractivity (Wildman–Crippen MR) is 64.7 cm³/mol. The number of nitrogens with zero attached hydrogens (tertiary/aromatic N) is 1. The van der Waals surface area contributed by atoms with Crippen molar-refractivity contribution in [3.05, 3.63) is 60.7 Å². The molecule has 3 heteroatoms. The van der Waals surface area contributed by atoms with Crippen LogP contribution in [0.2, 0.25) is 0 Å². The summed E-state index contributed by atoms with van der Waals surface area (Å²) in [7, 11) is 0. The van der Waals surface area contributed by atoms with Gasteiger partial charge in [0.2, 0.25) is 0 Å². The summed E-state index contributed by atoms with van der Waals surface area (Å²) in [6.45, 7) is 0. The number of hydrogen-bond acceptors (Lipinski definition) is 1. The fourth-order valence-electron chi connectivity index (χ4n) is 1.23. The minimum atomic E-state index is 0. The second-order valence-electron chi connectivity index (χ2n) is 3.10. The maximum absolute atomic E-state index is 4.27. The number of para-hydroxylation sites is 2. The first kappa shape index (κ1) is 12.5. The van der Waals surface area contributed by atoms with Crippen molar-refractivity contribution in [2.75, 3.05) is 5.32 Å². The maximum atomic E-state index is 4.27. The van der Waals surface area contributed by atoms with Crippen molar-refractivity contribution in [1.82, 2.24) is 0 Å². The van der Waals surface area contributed by atoms with Gasteiger partial charge in [-0.25, -0.2) is 4.99 Å². The minimum Gasteiger partial charge on any atom is -0.346 e. The molecular formula is C13H12CuN2+2. The van der Waals surface area contributed by atoms with Crippen molar-refractivity contribution < 1.29 is 17.1 Å². The molecule has 0 aromatic heterocycles. The Morgan fingerprint density at radius 3 is 2.00 bits per heavy atom. The normalized spacial score (nSPS) is 9.75. The van der Waals surface area contributed by atoms with Gasteiger partial charge in [-0.05, 0) is 24.3 Å². The summed E-state index contributed by atoms with van der Waals surface area (Å²) in [5, 5.41) is 3.10. The van der Waals surface area contributed by atoms with Gasteiger partial charge in [-0.15, -0.1) is 0 Å². The van der Waals surface area contributed by atoms with Crippen LogP contribution >= 0.6 is 0 Å². The van der Waals surface area contributed by atoms with Crippen LogP contribution in [-0.2, 0) is 17.1 Å². The molecule has 0 aliphatic rings. The van der Waals surface area contributed by atoms with E-state index in [9.17, 15) is 0 Å². The summed E-state index contributed by atoms with van der Waals surface area (Å²) in [5.41, 5.74) is 1.98. The van der Waals surface area contributed by atoms with Crippen molar-refractivity contribution in [3.63, 3.8) is 0 Å². The molecule has 0 atom stereocenters. The molecule has 16 heavy (non-hydrogen) atoms. The molecule has 0 heterocycles. The van der Waals surface area contributed by atoms with Crippen molar-refractivity contribution in [2.45, 2.75) is 0 Å². The maximum Gasteiger partial charge on any atom is 2.00 e.